The molecule has 0 atom stereocenters. The van der Waals surface area contributed by atoms with E-state index in [1.807, 2.05) is 54.6 Å². The van der Waals surface area contributed by atoms with E-state index in [0.717, 1.165) is 29.4 Å². The van der Waals surface area contributed by atoms with Gasteiger partial charge in [0.1, 0.15) is 6.61 Å². The van der Waals surface area contributed by atoms with Crippen LogP contribution < -0.4 is 9.47 Å². The standard InChI is InChI=1S/C22H22N2O4S/c1-26-19-13-17(7-8-18(19)28-15-16-5-3-2-4-6-16)14-20-21(25)23-22(29-20)24-9-11-27-12-10-24/h2-8,13-14H,9-12,15H2,1H3/b20-14-. The second-order valence-corrected chi connectivity index (χ2v) is 7.60. The number of carbonyl (C=O) groups is 1. The highest BCUT2D eigenvalue weighted by molar-refractivity contribution is 8.18. The summed E-state index contributed by atoms with van der Waals surface area (Å²) in [6.45, 7) is 3.30. The van der Waals surface area contributed by atoms with Crippen molar-refractivity contribution in [3.05, 3.63) is 64.6 Å². The van der Waals surface area contributed by atoms with Crippen molar-refractivity contribution < 1.29 is 19.0 Å². The van der Waals surface area contributed by atoms with Gasteiger partial charge in [0.25, 0.3) is 5.91 Å². The van der Waals surface area contributed by atoms with E-state index in [4.69, 9.17) is 14.2 Å². The zero-order valence-electron chi connectivity index (χ0n) is 16.2. The molecule has 4 rings (SSSR count). The van der Waals surface area contributed by atoms with Crippen molar-refractivity contribution in [2.45, 2.75) is 6.61 Å². The second kappa shape index (κ2) is 9.15. The predicted octanol–water partition coefficient (Wildman–Crippen LogP) is 3.58. The molecule has 150 valence electrons. The molecular formula is C22H22N2O4S. The SMILES string of the molecule is COc1cc(/C=C2\SC(N3CCOCC3)=NC2=O)ccc1OCc1ccccc1. The van der Waals surface area contributed by atoms with E-state index in [0.29, 0.717) is 36.2 Å². The third-order valence-corrected chi connectivity index (χ3v) is 5.66. The van der Waals surface area contributed by atoms with Crippen LogP contribution >= 0.6 is 11.8 Å². The minimum atomic E-state index is -0.208. The zero-order chi connectivity index (χ0) is 20.1. The van der Waals surface area contributed by atoms with E-state index in [9.17, 15) is 4.79 Å². The molecule has 1 amide bonds. The number of ether oxygens (including phenoxy) is 3. The Bertz CT molecular complexity index is 937. The van der Waals surface area contributed by atoms with Crippen LogP contribution in [0.2, 0.25) is 0 Å². The lowest BCUT2D eigenvalue weighted by Gasteiger charge is -2.27. The lowest BCUT2D eigenvalue weighted by Crippen LogP contribution is -2.38. The topological polar surface area (TPSA) is 60.4 Å². The molecule has 6 nitrogen and oxygen atoms in total. The number of aliphatic imine (C=N–C) groups is 1. The van der Waals surface area contributed by atoms with E-state index in [1.54, 1.807) is 7.11 Å². The lowest BCUT2D eigenvalue weighted by atomic mass is 10.2. The summed E-state index contributed by atoms with van der Waals surface area (Å²) in [7, 11) is 1.61. The molecule has 0 unspecified atom stereocenters. The molecule has 29 heavy (non-hydrogen) atoms. The van der Waals surface area contributed by atoms with Gasteiger partial charge in [-0.05, 0) is 41.1 Å². The number of rotatable bonds is 5. The fraction of sp³-hybridized carbons (Fsp3) is 0.273. The maximum absolute atomic E-state index is 12.3. The molecule has 0 aliphatic carbocycles. The molecular weight excluding hydrogens is 388 g/mol. The summed E-state index contributed by atoms with van der Waals surface area (Å²) in [6.07, 6.45) is 1.84. The molecule has 0 bridgehead atoms. The summed E-state index contributed by atoms with van der Waals surface area (Å²) in [5.74, 6) is 1.08. The number of amides is 1. The van der Waals surface area contributed by atoms with Gasteiger partial charge in [-0.15, -0.1) is 0 Å². The number of methoxy groups -OCH3 is 1. The average Bonchev–Trinajstić information content (AvgIpc) is 3.14. The summed E-state index contributed by atoms with van der Waals surface area (Å²) < 4.78 is 16.7. The van der Waals surface area contributed by atoms with Crippen molar-refractivity contribution in [1.29, 1.82) is 0 Å². The van der Waals surface area contributed by atoms with Crippen molar-refractivity contribution >= 4 is 28.9 Å². The first kappa shape index (κ1) is 19.5. The molecule has 2 aromatic carbocycles. The van der Waals surface area contributed by atoms with Gasteiger partial charge >= 0.3 is 0 Å². The van der Waals surface area contributed by atoms with E-state index in [-0.39, 0.29) is 5.91 Å². The number of hydrogen-bond acceptors (Lipinski definition) is 6. The Kier molecular flexibility index (Phi) is 6.17. The highest BCUT2D eigenvalue weighted by atomic mass is 32.2. The second-order valence-electron chi connectivity index (χ2n) is 6.59. The highest BCUT2D eigenvalue weighted by Crippen LogP contribution is 2.33. The molecule has 0 N–H and O–H groups in total. The van der Waals surface area contributed by atoms with Crippen LogP contribution in [0.5, 0.6) is 11.5 Å². The van der Waals surface area contributed by atoms with Crippen LogP contribution in [0.1, 0.15) is 11.1 Å². The largest absolute Gasteiger partial charge is 0.493 e. The Balaban J connectivity index is 1.45. The molecule has 7 heteroatoms. The van der Waals surface area contributed by atoms with Gasteiger partial charge in [0.05, 0.1) is 25.2 Å². The van der Waals surface area contributed by atoms with E-state index in [1.165, 1.54) is 11.8 Å². The minimum Gasteiger partial charge on any atom is -0.493 e. The number of hydrogen-bond donors (Lipinski definition) is 0. The minimum absolute atomic E-state index is 0.208. The smallest absolute Gasteiger partial charge is 0.286 e. The molecule has 1 fully saturated rings. The summed E-state index contributed by atoms with van der Waals surface area (Å²) in [5, 5.41) is 0.749. The van der Waals surface area contributed by atoms with Crippen LogP contribution in [0.25, 0.3) is 6.08 Å². The molecule has 0 saturated carbocycles. The van der Waals surface area contributed by atoms with Gasteiger partial charge in [-0.3, -0.25) is 4.79 Å². The molecule has 0 spiro atoms. The van der Waals surface area contributed by atoms with Crippen molar-refractivity contribution in [2.75, 3.05) is 33.4 Å². The van der Waals surface area contributed by atoms with Gasteiger partial charge in [0.15, 0.2) is 16.7 Å². The van der Waals surface area contributed by atoms with Crippen LogP contribution in [-0.4, -0.2) is 49.4 Å². The van der Waals surface area contributed by atoms with E-state index in [2.05, 4.69) is 9.89 Å². The van der Waals surface area contributed by atoms with Gasteiger partial charge in [0.2, 0.25) is 0 Å². The fourth-order valence-corrected chi connectivity index (χ4v) is 4.03. The number of amidine groups is 1. The van der Waals surface area contributed by atoms with Gasteiger partial charge in [0, 0.05) is 13.1 Å². The van der Waals surface area contributed by atoms with Gasteiger partial charge < -0.3 is 19.1 Å². The van der Waals surface area contributed by atoms with Crippen LogP contribution in [-0.2, 0) is 16.1 Å². The third kappa shape index (κ3) is 4.81. The molecule has 2 aliphatic heterocycles. The molecule has 2 aliphatic rings. The van der Waals surface area contributed by atoms with Crippen molar-refractivity contribution in [3.63, 3.8) is 0 Å². The number of thioether (sulfide) groups is 1. The van der Waals surface area contributed by atoms with Crippen LogP contribution in [0.4, 0.5) is 0 Å². The Labute approximate surface area is 174 Å². The van der Waals surface area contributed by atoms with E-state index >= 15 is 0 Å². The number of morpholine rings is 1. The monoisotopic (exact) mass is 410 g/mol. The number of carbonyl (C=O) groups excluding carboxylic acids is 1. The van der Waals surface area contributed by atoms with E-state index < -0.39 is 0 Å². The summed E-state index contributed by atoms with van der Waals surface area (Å²) >= 11 is 1.41. The summed E-state index contributed by atoms with van der Waals surface area (Å²) in [5.41, 5.74) is 1.95. The first-order valence-corrected chi connectivity index (χ1v) is 10.2. The molecule has 2 heterocycles. The maximum Gasteiger partial charge on any atom is 0.286 e. The normalized spacial score (nSPS) is 18.1. The molecule has 0 aromatic heterocycles. The van der Waals surface area contributed by atoms with Crippen molar-refractivity contribution in [1.82, 2.24) is 4.90 Å². The Morgan fingerprint density at radius 3 is 2.69 bits per heavy atom. The quantitative estimate of drug-likeness (QED) is 0.703. The Morgan fingerprint density at radius 2 is 1.93 bits per heavy atom. The van der Waals surface area contributed by atoms with Gasteiger partial charge in [-0.25, -0.2) is 0 Å². The number of nitrogens with zero attached hydrogens (tertiary/aromatic N) is 2. The molecule has 2 aromatic rings. The fourth-order valence-electron chi connectivity index (χ4n) is 3.07. The Hall–Kier alpha value is -2.77. The maximum atomic E-state index is 12.3. The summed E-state index contributed by atoms with van der Waals surface area (Å²) in [6, 6.07) is 15.6. The van der Waals surface area contributed by atoms with Crippen LogP contribution in [0.15, 0.2) is 58.4 Å². The van der Waals surface area contributed by atoms with Crippen LogP contribution in [0, 0.1) is 0 Å². The van der Waals surface area contributed by atoms with Crippen molar-refractivity contribution in [2.24, 2.45) is 4.99 Å². The average molecular weight is 410 g/mol. The predicted molar refractivity (Wildman–Crippen MR) is 114 cm³/mol. The van der Waals surface area contributed by atoms with Crippen molar-refractivity contribution in [3.8, 4) is 11.5 Å². The van der Waals surface area contributed by atoms with Gasteiger partial charge in [-0.2, -0.15) is 4.99 Å². The zero-order valence-corrected chi connectivity index (χ0v) is 17.0. The first-order valence-electron chi connectivity index (χ1n) is 9.43. The molecule has 1 saturated heterocycles. The first-order chi connectivity index (χ1) is 14.2. The summed E-state index contributed by atoms with van der Waals surface area (Å²) in [4.78, 5) is 19.2. The Morgan fingerprint density at radius 1 is 1.14 bits per heavy atom. The van der Waals surface area contributed by atoms with Gasteiger partial charge in [-0.1, -0.05) is 36.4 Å². The number of benzene rings is 2. The third-order valence-electron chi connectivity index (χ3n) is 4.61. The molecule has 0 radical (unpaired) electrons. The van der Waals surface area contributed by atoms with Crippen LogP contribution in [0.3, 0.4) is 0 Å². The highest BCUT2D eigenvalue weighted by Gasteiger charge is 2.27. The lowest BCUT2D eigenvalue weighted by molar-refractivity contribution is -0.113.